The highest BCUT2D eigenvalue weighted by atomic mass is 28.3. The van der Waals surface area contributed by atoms with Crippen LogP contribution in [0.2, 0.25) is 12.6 Å². The molecule has 1 unspecified atom stereocenters. The van der Waals surface area contributed by atoms with Gasteiger partial charge >= 0.3 is 0 Å². The fourth-order valence-corrected chi connectivity index (χ4v) is 3.57. The van der Waals surface area contributed by atoms with Gasteiger partial charge in [0.25, 0.3) is 0 Å². The summed E-state index contributed by atoms with van der Waals surface area (Å²) in [5.41, 5.74) is 0. The highest BCUT2D eigenvalue weighted by Gasteiger charge is 2.17. The second-order valence-corrected chi connectivity index (χ2v) is 6.43. The molecule has 10 heavy (non-hydrogen) atoms. The molecule has 1 N–H and O–H groups in total. The minimum absolute atomic E-state index is 0.484. The molecule has 0 bridgehead atoms. The van der Waals surface area contributed by atoms with Crippen LogP contribution in [0.3, 0.4) is 0 Å². The highest BCUT2D eigenvalue weighted by molar-refractivity contribution is 6.54. The maximum atomic E-state index is 3.43. The summed E-state index contributed by atoms with van der Waals surface area (Å²) in [6.45, 7) is 2.42. The molecule has 0 aromatic carbocycles. The second kappa shape index (κ2) is 4.14. The molecular weight excluding hydrogens is 138 g/mol. The van der Waals surface area contributed by atoms with Crippen molar-refractivity contribution in [1.82, 2.24) is 4.98 Å². The van der Waals surface area contributed by atoms with E-state index in [1.54, 1.807) is 0 Å². The van der Waals surface area contributed by atoms with Gasteiger partial charge in [0.1, 0.15) is 8.96 Å². The summed E-state index contributed by atoms with van der Waals surface area (Å²) in [7, 11) is 1.63. The van der Waals surface area contributed by atoms with Crippen molar-refractivity contribution in [3.05, 3.63) is 0 Å². The van der Waals surface area contributed by atoms with E-state index in [0.29, 0.717) is 0 Å². The van der Waals surface area contributed by atoms with Crippen LogP contribution in [-0.2, 0) is 0 Å². The molecule has 60 valence electrons. The fourth-order valence-electron chi connectivity index (χ4n) is 1.86. The first-order valence-corrected chi connectivity index (χ1v) is 7.05. The molecular formula is C8H19NSi. The third-order valence-electron chi connectivity index (χ3n) is 2.65. The van der Waals surface area contributed by atoms with Crippen LogP contribution >= 0.6 is 0 Å². The van der Waals surface area contributed by atoms with Crippen LogP contribution < -0.4 is 4.98 Å². The minimum Gasteiger partial charge on any atom is -0.342 e. The van der Waals surface area contributed by atoms with E-state index in [1.807, 2.05) is 0 Å². The Morgan fingerprint density at radius 1 is 1.40 bits per heavy atom. The molecule has 1 aliphatic carbocycles. The van der Waals surface area contributed by atoms with Gasteiger partial charge in [-0.2, -0.15) is 0 Å². The van der Waals surface area contributed by atoms with E-state index in [2.05, 4.69) is 18.6 Å². The first-order chi connectivity index (χ1) is 4.83. The highest BCUT2D eigenvalue weighted by Crippen LogP contribution is 2.28. The van der Waals surface area contributed by atoms with Crippen molar-refractivity contribution < 1.29 is 0 Å². The molecule has 1 atom stereocenters. The molecule has 0 spiro atoms. The third-order valence-corrected chi connectivity index (χ3v) is 5.01. The van der Waals surface area contributed by atoms with E-state index in [4.69, 9.17) is 0 Å². The zero-order valence-electron chi connectivity index (χ0n) is 7.19. The van der Waals surface area contributed by atoms with Crippen LogP contribution in [0.4, 0.5) is 0 Å². The van der Waals surface area contributed by atoms with Crippen molar-refractivity contribution in [1.29, 1.82) is 0 Å². The van der Waals surface area contributed by atoms with E-state index in [9.17, 15) is 0 Å². The van der Waals surface area contributed by atoms with E-state index >= 15 is 0 Å². The van der Waals surface area contributed by atoms with Crippen LogP contribution in [0.5, 0.6) is 0 Å². The summed E-state index contributed by atoms with van der Waals surface area (Å²) in [5.74, 6) is 1.09. The zero-order valence-corrected chi connectivity index (χ0v) is 8.34. The van der Waals surface area contributed by atoms with Gasteiger partial charge in [0, 0.05) is 0 Å². The largest absolute Gasteiger partial charge is 0.342 e. The van der Waals surface area contributed by atoms with Gasteiger partial charge in [0.2, 0.25) is 0 Å². The molecule has 0 saturated heterocycles. The van der Waals surface area contributed by atoms with E-state index in [1.165, 1.54) is 31.7 Å². The Morgan fingerprint density at radius 3 is 2.50 bits per heavy atom. The smallest absolute Gasteiger partial charge is 0.105 e. The average Bonchev–Trinajstić information content (AvgIpc) is 2.40. The third kappa shape index (κ3) is 2.43. The standard InChI is InChI=1S/C8H19NSi/c1-9-10(2)7-8-5-3-4-6-8/h8-10H,3-7H2,1-2H3. The van der Waals surface area contributed by atoms with Gasteiger partial charge in [-0.3, -0.25) is 0 Å². The summed E-state index contributed by atoms with van der Waals surface area (Å²) in [4.78, 5) is 3.43. The van der Waals surface area contributed by atoms with Crippen LogP contribution in [0.1, 0.15) is 25.7 Å². The molecule has 1 aliphatic rings. The molecule has 0 radical (unpaired) electrons. The van der Waals surface area contributed by atoms with Crippen molar-refractivity contribution in [2.45, 2.75) is 38.3 Å². The Kier molecular flexibility index (Phi) is 3.42. The lowest BCUT2D eigenvalue weighted by Gasteiger charge is -2.12. The Bertz CT molecular complexity index is 89.3. The lowest BCUT2D eigenvalue weighted by molar-refractivity contribution is 0.602. The summed E-state index contributed by atoms with van der Waals surface area (Å²) in [5, 5.41) is 0. The molecule has 0 aromatic rings. The molecule has 0 aliphatic heterocycles. The molecule has 2 heteroatoms. The monoisotopic (exact) mass is 157 g/mol. The van der Waals surface area contributed by atoms with E-state index in [0.717, 1.165) is 5.92 Å². The SMILES string of the molecule is CN[SiH](C)CC1CCCC1. The van der Waals surface area contributed by atoms with Crippen molar-refractivity contribution in [2.75, 3.05) is 7.05 Å². The van der Waals surface area contributed by atoms with Gasteiger partial charge in [-0.1, -0.05) is 32.2 Å². The maximum absolute atomic E-state index is 3.43. The van der Waals surface area contributed by atoms with Gasteiger partial charge in [-0.15, -0.1) is 0 Å². The number of rotatable bonds is 3. The predicted octanol–water partition coefficient (Wildman–Crippen LogP) is 1.75. The van der Waals surface area contributed by atoms with Crippen molar-refractivity contribution >= 4 is 8.96 Å². The first kappa shape index (κ1) is 8.28. The number of nitrogens with one attached hydrogen (secondary N) is 1. The van der Waals surface area contributed by atoms with Gasteiger partial charge in [-0.25, -0.2) is 0 Å². The minimum atomic E-state index is -0.484. The average molecular weight is 157 g/mol. The van der Waals surface area contributed by atoms with Gasteiger partial charge in [0.05, 0.1) is 0 Å². The summed E-state index contributed by atoms with van der Waals surface area (Å²) < 4.78 is 0. The van der Waals surface area contributed by atoms with Crippen LogP contribution in [0, 0.1) is 5.92 Å². The summed E-state index contributed by atoms with van der Waals surface area (Å²) >= 11 is 0. The summed E-state index contributed by atoms with van der Waals surface area (Å²) in [6, 6.07) is 1.52. The molecule has 0 amide bonds. The Morgan fingerprint density at radius 2 is 2.00 bits per heavy atom. The zero-order chi connectivity index (χ0) is 7.40. The van der Waals surface area contributed by atoms with Gasteiger partial charge in [-0.05, 0) is 19.0 Å². The topological polar surface area (TPSA) is 12.0 Å². The Labute approximate surface area is 65.9 Å². The molecule has 0 aromatic heterocycles. The lowest BCUT2D eigenvalue weighted by Crippen LogP contribution is -2.28. The number of hydrogen-bond acceptors (Lipinski definition) is 1. The fraction of sp³-hybridized carbons (Fsp3) is 1.00. The van der Waals surface area contributed by atoms with Crippen LogP contribution in [0.15, 0.2) is 0 Å². The van der Waals surface area contributed by atoms with Crippen molar-refractivity contribution in [3.8, 4) is 0 Å². The molecule has 1 fully saturated rings. The maximum Gasteiger partial charge on any atom is 0.105 e. The molecule has 1 rings (SSSR count). The normalized spacial score (nSPS) is 23.4. The second-order valence-electron chi connectivity index (χ2n) is 3.58. The molecule has 1 saturated carbocycles. The summed E-state index contributed by atoms with van der Waals surface area (Å²) in [6.07, 6.45) is 6.02. The molecule has 0 heterocycles. The van der Waals surface area contributed by atoms with Crippen LogP contribution in [-0.4, -0.2) is 16.0 Å². The predicted molar refractivity (Wildman–Crippen MR) is 48.8 cm³/mol. The van der Waals surface area contributed by atoms with E-state index in [-0.39, 0.29) is 0 Å². The van der Waals surface area contributed by atoms with Crippen molar-refractivity contribution in [2.24, 2.45) is 5.92 Å². The van der Waals surface area contributed by atoms with Crippen molar-refractivity contribution in [3.63, 3.8) is 0 Å². The molecule has 1 nitrogen and oxygen atoms in total. The van der Waals surface area contributed by atoms with Gasteiger partial charge < -0.3 is 4.98 Å². The number of hydrogen-bond donors (Lipinski definition) is 1. The van der Waals surface area contributed by atoms with Crippen LogP contribution in [0.25, 0.3) is 0 Å². The Balaban J connectivity index is 2.11. The van der Waals surface area contributed by atoms with Gasteiger partial charge in [0.15, 0.2) is 0 Å². The Hall–Kier alpha value is 0.177. The van der Waals surface area contributed by atoms with E-state index < -0.39 is 8.96 Å². The quantitative estimate of drug-likeness (QED) is 0.615. The first-order valence-electron chi connectivity index (χ1n) is 4.50. The lowest BCUT2D eigenvalue weighted by atomic mass is 10.1.